The highest BCUT2D eigenvalue weighted by molar-refractivity contribution is 7.88. The average molecular weight is 386 g/mol. The summed E-state index contributed by atoms with van der Waals surface area (Å²) in [6, 6.07) is 22.1. The molecular formula is C21H27N3O2S. The molecule has 0 saturated carbocycles. The molecule has 2 heterocycles. The zero-order valence-electron chi connectivity index (χ0n) is 15.7. The van der Waals surface area contributed by atoms with Crippen LogP contribution in [0.1, 0.15) is 17.2 Å². The zero-order valence-corrected chi connectivity index (χ0v) is 16.6. The SMILES string of the molecule is CS(=O)(=O)N1CCN(C2CN(C(c3ccccc3)c3ccccc3)C2)CC1. The van der Waals surface area contributed by atoms with E-state index in [4.69, 9.17) is 0 Å². The van der Waals surface area contributed by atoms with Gasteiger partial charge in [-0.05, 0) is 11.1 Å². The molecule has 0 radical (unpaired) electrons. The van der Waals surface area contributed by atoms with Crippen molar-refractivity contribution in [3.05, 3.63) is 71.8 Å². The van der Waals surface area contributed by atoms with Crippen LogP contribution in [-0.4, -0.2) is 74.1 Å². The van der Waals surface area contributed by atoms with Crippen molar-refractivity contribution in [1.29, 1.82) is 0 Å². The van der Waals surface area contributed by atoms with Crippen LogP contribution in [0.25, 0.3) is 0 Å². The first kappa shape index (κ1) is 18.6. The van der Waals surface area contributed by atoms with Crippen molar-refractivity contribution < 1.29 is 8.42 Å². The van der Waals surface area contributed by atoms with Crippen LogP contribution in [0.15, 0.2) is 60.7 Å². The van der Waals surface area contributed by atoms with Crippen LogP contribution in [0, 0.1) is 0 Å². The van der Waals surface area contributed by atoms with Gasteiger partial charge in [0.2, 0.25) is 10.0 Å². The van der Waals surface area contributed by atoms with Gasteiger partial charge in [0.05, 0.1) is 12.3 Å². The van der Waals surface area contributed by atoms with Crippen molar-refractivity contribution in [2.24, 2.45) is 0 Å². The Kier molecular flexibility index (Phi) is 5.32. The number of benzene rings is 2. The third-order valence-corrected chi connectivity index (χ3v) is 7.05. The maximum atomic E-state index is 11.7. The van der Waals surface area contributed by atoms with Gasteiger partial charge in [-0.2, -0.15) is 4.31 Å². The molecule has 6 heteroatoms. The first-order chi connectivity index (χ1) is 13.0. The normalized spacial score (nSPS) is 20.7. The molecule has 2 aliphatic rings. The van der Waals surface area contributed by atoms with E-state index < -0.39 is 10.0 Å². The van der Waals surface area contributed by atoms with Gasteiger partial charge in [0.25, 0.3) is 0 Å². The molecule has 4 rings (SSSR count). The minimum atomic E-state index is -3.06. The van der Waals surface area contributed by atoms with Crippen LogP contribution in [0.3, 0.4) is 0 Å². The lowest BCUT2D eigenvalue weighted by Crippen LogP contribution is -2.63. The highest BCUT2D eigenvalue weighted by Crippen LogP contribution is 2.33. The van der Waals surface area contributed by atoms with Crippen molar-refractivity contribution in [3.63, 3.8) is 0 Å². The van der Waals surface area contributed by atoms with Crippen LogP contribution >= 0.6 is 0 Å². The average Bonchev–Trinajstić information content (AvgIpc) is 2.65. The predicted octanol–water partition coefficient (Wildman–Crippen LogP) is 2.04. The number of rotatable bonds is 5. The number of nitrogens with zero attached hydrogens (tertiary/aromatic N) is 3. The van der Waals surface area contributed by atoms with E-state index in [1.54, 1.807) is 4.31 Å². The van der Waals surface area contributed by atoms with E-state index >= 15 is 0 Å². The van der Waals surface area contributed by atoms with E-state index in [9.17, 15) is 8.42 Å². The van der Waals surface area contributed by atoms with Gasteiger partial charge in [0.1, 0.15) is 0 Å². The molecule has 0 N–H and O–H groups in total. The van der Waals surface area contributed by atoms with Gasteiger partial charge in [0.15, 0.2) is 0 Å². The third kappa shape index (κ3) is 4.09. The van der Waals surface area contributed by atoms with Crippen molar-refractivity contribution in [1.82, 2.24) is 14.1 Å². The second-order valence-electron chi connectivity index (χ2n) is 7.53. The summed E-state index contributed by atoms with van der Waals surface area (Å²) in [4.78, 5) is 4.98. The van der Waals surface area contributed by atoms with E-state index in [2.05, 4.69) is 70.5 Å². The van der Waals surface area contributed by atoms with Crippen molar-refractivity contribution in [2.75, 3.05) is 45.5 Å². The van der Waals surface area contributed by atoms with Crippen LogP contribution < -0.4 is 0 Å². The van der Waals surface area contributed by atoms with Gasteiger partial charge in [-0.1, -0.05) is 60.7 Å². The Labute approximate surface area is 162 Å². The zero-order chi connectivity index (χ0) is 18.9. The molecular weight excluding hydrogens is 358 g/mol. The van der Waals surface area contributed by atoms with Gasteiger partial charge in [-0.15, -0.1) is 0 Å². The summed E-state index contributed by atoms with van der Waals surface area (Å²) in [6.07, 6.45) is 1.30. The summed E-state index contributed by atoms with van der Waals surface area (Å²) in [5.41, 5.74) is 2.65. The molecule has 2 aliphatic heterocycles. The van der Waals surface area contributed by atoms with Crippen LogP contribution in [-0.2, 0) is 10.0 Å². The second kappa shape index (κ2) is 7.72. The largest absolute Gasteiger partial charge is 0.295 e. The lowest BCUT2D eigenvalue weighted by atomic mass is 9.92. The molecule has 0 aliphatic carbocycles. The molecule has 0 atom stereocenters. The number of hydrogen-bond donors (Lipinski definition) is 0. The molecule has 0 unspecified atom stereocenters. The Bertz CT molecular complexity index is 804. The molecule has 0 spiro atoms. The Morgan fingerprint density at radius 2 is 1.30 bits per heavy atom. The predicted molar refractivity (Wildman–Crippen MR) is 108 cm³/mol. The number of piperazine rings is 1. The first-order valence-electron chi connectivity index (χ1n) is 9.55. The van der Waals surface area contributed by atoms with Gasteiger partial charge in [-0.25, -0.2) is 8.42 Å². The fourth-order valence-electron chi connectivity index (χ4n) is 4.21. The van der Waals surface area contributed by atoms with Crippen LogP contribution in [0.4, 0.5) is 0 Å². The molecule has 2 saturated heterocycles. The molecule has 0 amide bonds. The number of sulfonamides is 1. The fourth-order valence-corrected chi connectivity index (χ4v) is 5.04. The molecule has 27 heavy (non-hydrogen) atoms. The molecule has 5 nitrogen and oxygen atoms in total. The Morgan fingerprint density at radius 3 is 1.74 bits per heavy atom. The quantitative estimate of drug-likeness (QED) is 0.790. The molecule has 2 aromatic rings. The highest BCUT2D eigenvalue weighted by Gasteiger charge is 2.38. The van der Waals surface area contributed by atoms with E-state index in [-0.39, 0.29) is 6.04 Å². The van der Waals surface area contributed by atoms with Crippen LogP contribution in [0.2, 0.25) is 0 Å². The topological polar surface area (TPSA) is 43.9 Å². The van der Waals surface area contributed by atoms with Gasteiger partial charge >= 0.3 is 0 Å². The minimum absolute atomic E-state index is 0.279. The van der Waals surface area contributed by atoms with E-state index in [1.807, 2.05) is 0 Å². The highest BCUT2D eigenvalue weighted by atomic mass is 32.2. The summed E-state index contributed by atoms with van der Waals surface area (Å²) >= 11 is 0. The Hall–Kier alpha value is -1.73. The molecule has 2 aromatic carbocycles. The summed E-state index contributed by atoms with van der Waals surface area (Å²) < 4.78 is 25.0. The van der Waals surface area contributed by atoms with Gasteiger partial charge in [-0.3, -0.25) is 9.80 Å². The Morgan fingerprint density at radius 1 is 0.815 bits per heavy atom. The lowest BCUT2D eigenvalue weighted by Gasteiger charge is -2.50. The maximum Gasteiger partial charge on any atom is 0.211 e. The van der Waals surface area contributed by atoms with E-state index in [0.29, 0.717) is 19.1 Å². The smallest absolute Gasteiger partial charge is 0.211 e. The summed E-state index contributed by atoms with van der Waals surface area (Å²) in [5.74, 6) is 0. The second-order valence-corrected chi connectivity index (χ2v) is 9.51. The van der Waals surface area contributed by atoms with Crippen LogP contribution in [0.5, 0.6) is 0 Å². The van der Waals surface area contributed by atoms with Crippen molar-refractivity contribution >= 4 is 10.0 Å². The van der Waals surface area contributed by atoms with Crippen molar-refractivity contribution in [2.45, 2.75) is 12.1 Å². The summed E-state index contributed by atoms with van der Waals surface area (Å²) in [6.45, 7) is 4.91. The minimum Gasteiger partial charge on any atom is -0.295 e. The number of hydrogen-bond acceptors (Lipinski definition) is 4. The van der Waals surface area contributed by atoms with E-state index in [0.717, 1.165) is 26.2 Å². The van der Waals surface area contributed by atoms with Crippen molar-refractivity contribution in [3.8, 4) is 0 Å². The number of likely N-dealkylation sites (tertiary alicyclic amines) is 1. The van der Waals surface area contributed by atoms with Gasteiger partial charge in [0, 0.05) is 45.3 Å². The Balaban J connectivity index is 1.42. The maximum absolute atomic E-state index is 11.7. The van der Waals surface area contributed by atoms with E-state index in [1.165, 1.54) is 17.4 Å². The lowest BCUT2D eigenvalue weighted by molar-refractivity contribution is 0.000535. The third-order valence-electron chi connectivity index (χ3n) is 5.74. The summed E-state index contributed by atoms with van der Waals surface area (Å²) in [5, 5.41) is 0. The monoisotopic (exact) mass is 385 g/mol. The first-order valence-corrected chi connectivity index (χ1v) is 11.4. The standard InChI is InChI=1S/C21H27N3O2S/c1-27(25,26)24-14-12-22(13-15-24)20-16-23(17-20)21(18-8-4-2-5-9-18)19-10-6-3-7-11-19/h2-11,20-21H,12-17H2,1H3. The fraction of sp³-hybridized carbons (Fsp3) is 0.429. The van der Waals surface area contributed by atoms with Gasteiger partial charge < -0.3 is 0 Å². The summed E-state index contributed by atoms with van der Waals surface area (Å²) in [7, 11) is -3.06. The molecule has 144 valence electrons. The molecule has 2 fully saturated rings. The molecule has 0 aromatic heterocycles. The molecule has 0 bridgehead atoms.